The van der Waals surface area contributed by atoms with Crippen LogP contribution in [0.5, 0.6) is 5.75 Å². The predicted octanol–water partition coefficient (Wildman–Crippen LogP) is 4.88. The first kappa shape index (κ1) is 21.9. The Bertz CT molecular complexity index is 928. The van der Waals surface area contributed by atoms with Crippen molar-refractivity contribution in [3.63, 3.8) is 0 Å². The average Bonchev–Trinajstić information content (AvgIpc) is 3.45. The average molecular weight is 439 g/mol. The Morgan fingerprint density at radius 2 is 1.90 bits per heavy atom. The predicted molar refractivity (Wildman–Crippen MR) is 124 cm³/mol. The van der Waals surface area contributed by atoms with Crippen LogP contribution in [0.3, 0.4) is 0 Å². The quantitative estimate of drug-likeness (QED) is 0.452. The highest BCUT2D eigenvalue weighted by Crippen LogP contribution is 2.32. The van der Waals surface area contributed by atoms with Gasteiger partial charge in [-0.05, 0) is 36.6 Å². The van der Waals surface area contributed by atoms with E-state index >= 15 is 0 Å². The molecule has 0 bridgehead atoms. The van der Waals surface area contributed by atoms with Gasteiger partial charge in [0.15, 0.2) is 5.79 Å². The van der Waals surface area contributed by atoms with Crippen LogP contribution in [0, 0.1) is 6.92 Å². The molecule has 0 saturated carbocycles. The summed E-state index contributed by atoms with van der Waals surface area (Å²) >= 11 is 1.88. The molecule has 6 heteroatoms. The van der Waals surface area contributed by atoms with Crippen LogP contribution < -0.4 is 4.74 Å². The van der Waals surface area contributed by atoms with E-state index in [1.54, 1.807) is 13.3 Å². The monoisotopic (exact) mass is 438 g/mol. The van der Waals surface area contributed by atoms with Crippen LogP contribution in [-0.4, -0.2) is 40.9 Å². The van der Waals surface area contributed by atoms with Crippen molar-refractivity contribution < 1.29 is 14.2 Å². The molecule has 3 aromatic rings. The van der Waals surface area contributed by atoms with E-state index in [-0.39, 0.29) is 6.10 Å². The number of hydrogen-bond donors (Lipinski definition) is 0. The highest BCUT2D eigenvalue weighted by atomic mass is 32.2. The zero-order chi connectivity index (χ0) is 21.5. The van der Waals surface area contributed by atoms with E-state index in [9.17, 15) is 0 Å². The standard InChI is InChI=1S/C25H30N2O3S/c1-20-3-5-21(6-4-20)11-12-25(18-27-14-13-26-19-27)29-15-24(30-25)17-31-16-22-7-9-23(28-2)10-8-22/h3-10,13-14,19,24H,11-12,15-18H2,1-2H3. The zero-order valence-corrected chi connectivity index (χ0v) is 19.0. The third kappa shape index (κ3) is 6.12. The Kier molecular flexibility index (Phi) is 7.33. The molecule has 2 unspecified atom stereocenters. The van der Waals surface area contributed by atoms with Crippen LogP contribution in [0.1, 0.15) is 23.1 Å². The summed E-state index contributed by atoms with van der Waals surface area (Å²) in [6, 6.07) is 16.9. The molecule has 164 valence electrons. The van der Waals surface area contributed by atoms with Gasteiger partial charge < -0.3 is 18.8 Å². The van der Waals surface area contributed by atoms with E-state index in [2.05, 4.69) is 48.3 Å². The fourth-order valence-corrected chi connectivity index (χ4v) is 4.74. The molecule has 1 aliphatic heterocycles. The van der Waals surface area contributed by atoms with E-state index < -0.39 is 5.79 Å². The van der Waals surface area contributed by atoms with Gasteiger partial charge in [-0.2, -0.15) is 11.8 Å². The van der Waals surface area contributed by atoms with Gasteiger partial charge in [0.1, 0.15) is 5.75 Å². The maximum Gasteiger partial charge on any atom is 0.187 e. The van der Waals surface area contributed by atoms with Gasteiger partial charge in [0.05, 0.1) is 32.7 Å². The largest absolute Gasteiger partial charge is 0.497 e. The van der Waals surface area contributed by atoms with Crippen LogP contribution in [0.4, 0.5) is 0 Å². The third-order valence-electron chi connectivity index (χ3n) is 5.54. The number of aryl methyl sites for hydroxylation is 2. The Hall–Kier alpha value is -2.28. The molecule has 0 radical (unpaired) electrons. The second kappa shape index (κ2) is 10.4. The van der Waals surface area contributed by atoms with Gasteiger partial charge in [0, 0.05) is 30.3 Å². The number of thioether (sulfide) groups is 1. The Morgan fingerprint density at radius 3 is 2.61 bits per heavy atom. The van der Waals surface area contributed by atoms with Crippen LogP contribution in [0.15, 0.2) is 67.3 Å². The van der Waals surface area contributed by atoms with Crippen LogP contribution >= 0.6 is 11.8 Å². The summed E-state index contributed by atoms with van der Waals surface area (Å²) in [5.74, 6) is 2.13. The van der Waals surface area contributed by atoms with Crippen molar-refractivity contribution in [2.45, 2.75) is 44.0 Å². The van der Waals surface area contributed by atoms with Crippen molar-refractivity contribution in [1.29, 1.82) is 0 Å². The molecule has 31 heavy (non-hydrogen) atoms. The topological polar surface area (TPSA) is 45.5 Å². The fourth-order valence-electron chi connectivity index (χ4n) is 3.77. The summed E-state index contributed by atoms with van der Waals surface area (Å²) in [4.78, 5) is 4.18. The molecule has 1 aromatic heterocycles. The number of imidazole rings is 1. The Morgan fingerprint density at radius 1 is 1.13 bits per heavy atom. The molecule has 4 rings (SSSR count). The molecule has 2 atom stereocenters. The molecular formula is C25H30N2O3S. The first-order valence-electron chi connectivity index (χ1n) is 10.7. The summed E-state index contributed by atoms with van der Waals surface area (Å²) in [5.41, 5.74) is 3.87. The van der Waals surface area contributed by atoms with Crippen LogP contribution in [-0.2, 0) is 28.2 Å². The number of rotatable bonds is 10. The lowest BCUT2D eigenvalue weighted by molar-refractivity contribution is -0.180. The molecule has 0 N–H and O–H groups in total. The summed E-state index contributed by atoms with van der Waals surface area (Å²) < 4.78 is 20.1. The number of hydrogen-bond acceptors (Lipinski definition) is 5. The number of nitrogens with zero attached hydrogens (tertiary/aromatic N) is 2. The summed E-state index contributed by atoms with van der Waals surface area (Å²) in [5, 5.41) is 0. The molecule has 0 spiro atoms. The van der Waals surface area contributed by atoms with Crippen molar-refractivity contribution in [3.8, 4) is 5.75 Å². The highest BCUT2D eigenvalue weighted by molar-refractivity contribution is 7.98. The molecular weight excluding hydrogens is 408 g/mol. The minimum atomic E-state index is -0.614. The minimum Gasteiger partial charge on any atom is -0.497 e. The van der Waals surface area contributed by atoms with E-state index in [4.69, 9.17) is 14.2 Å². The van der Waals surface area contributed by atoms with Crippen molar-refractivity contribution in [3.05, 3.63) is 83.9 Å². The number of methoxy groups -OCH3 is 1. The summed E-state index contributed by atoms with van der Waals surface area (Å²) in [7, 11) is 1.69. The molecule has 2 heterocycles. The molecule has 5 nitrogen and oxygen atoms in total. The molecule has 1 aliphatic rings. The summed E-state index contributed by atoms with van der Waals surface area (Å²) in [6.07, 6.45) is 7.40. The lowest BCUT2D eigenvalue weighted by Crippen LogP contribution is -2.37. The highest BCUT2D eigenvalue weighted by Gasteiger charge is 2.41. The molecule has 2 aromatic carbocycles. The smallest absolute Gasteiger partial charge is 0.187 e. The van der Waals surface area contributed by atoms with Gasteiger partial charge in [0.2, 0.25) is 0 Å². The molecule has 0 amide bonds. The van der Waals surface area contributed by atoms with E-state index in [0.29, 0.717) is 13.2 Å². The Balaban J connectivity index is 1.33. The SMILES string of the molecule is COc1ccc(CSCC2COC(CCc3ccc(C)cc3)(Cn3ccnc3)O2)cc1. The molecule has 1 fully saturated rings. The molecule has 1 saturated heterocycles. The van der Waals surface area contributed by atoms with Crippen molar-refractivity contribution in [2.75, 3.05) is 19.5 Å². The first-order valence-corrected chi connectivity index (χ1v) is 11.8. The Labute approximate surface area is 188 Å². The van der Waals surface area contributed by atoms with Crippen molar-refractivity contribution in [1.82, 2.24) is 9.55 Å². The van der Waals surface area contributed by atoms with Gasteiger partial charge in [-0.25, -0.2) is 4.98 Å². The van der Waals surface area contributed by atoms with E-state index in [1.807, 2.05) is 41.0 Å². The first-order chi connectivity index (χ1) is 15.1. The van der Waals surface area contributed by atoms with Crippen LogP contribution in [0.25, 0.3) is 0 Å². The van der Waals surface area contributed by atoms with Gasteiger partial charge >= 0.3 is 0 Å². The number of benzene rings is 2. The van der Waals surface area contributed by atoms with E-state index in [0.717, 1.165) is 30.1 Å². The maximum absolute atomic E-state index is 6.53. The lowest BCUT2D eigenvalue weighted by Gasteiger charge is -2.28. The van der Waals surface area contributed by atoms with Gasteiger partial charge in [-0.1, -0.05) is 42.0 Å². The second-order valence-electron chi connectivity index (χ2n) is 8.05. The van der Waals surface area contributed by atoms with Crippen LogP contribution in [0.2, 0.25) is 0 Å². The van der Waals surface area contributed by atoms with E-state index in [1.165, 1.54) is 16.7 Å². The normalized spacial score (nSPS) is 20.8. The zero-order valence-electron chi connectivity index (χ0n) is 18.2. The fraction of sp³-hybridized carbons (Fsp3) is 0.400. The van der Waals surface area contributed by atoms with Gasteiger partial charge in [-0.3, -0.25) is 0 Å². The van der Waals surface area contributed by atoms with Gasteiger partial charge in [-0.15, -0.1) is 0 Å². The third-order valence-corrected chi connectivity index (χ3v) is 6.69. The minimum absolute atomic E-state index is 0.0878. The van der Waals surface area contributed by atoms with Crippen molar-refractivity contribution >= 4 is 11.8 Å². The van der Waals surface area contributed by atoms with Crippen molar-refractivity contribution in [2.24, 2.45) is 0 Å². The molecule has 0 aliphatic carbocycles. The van der Waals surface area contributed by atoms with Gasteiger partial charge in [0.25, 0.3) is 0 Å². The number of ether oxygens (including phenoxy) is 3. The number of aromatic nitrogens is 2. The maximum atomic E-state index is 6.53. The summed E-state index contributed by atoms with van der Waals surface area (Å²) in [6.45, 7) is 3.39. The second-order valence-corrected chi connectivity index (χ2v) is 9.08. The lowest BCUT2D eigenvalue weighted by atomic mass is 10.0.